The molecule has 1 aromatic rings. The molecule has 0 spiro atoms. The van der Waals surface area contributed by atoms with E-state index in [0.717, 1.165) is 12.2 Å². The van der Waals surface area contributed by atoms with E-state index in [9.17, 15) is 0 Å². The number of anilines is 1. The van der Waals surface area contributed by atoms with Crippen LogP contribution in [0.2, 0.25) is 0 Å². The van der Waals surface area contributed by atoms with Gasteiger partial charge in [-0.3, -0.25) is 0 Å². The summed E-state index contributed by atoms with van der Waals surface area (Å²) in [7, 11) is 0. The number of halogens is 1. The highest BCUT2D eigenvalue weighted by atomic mass is 35.5. The van der Waals surface area contributed by atoms with Crippen LogP contribution in [0.3, 0.4) is 0 Å². The summed E-state index contributed by atoms with van der Waals surface area (Å²) < 4.78 is 5.33. The lowest BCUT2D eigenvalue weighted by Gasteiger charge is -2.16. The lowest BCUT2D eigenvalue weighted by molar-refractivity contribution is 0.327. The third kappa shape index (κ3) is 4.71. The van der Waals surface area contributed by atoms with Crippen LogP contribution in [0.15, 0.2) is 18.2 Å². The Morgan fingerprint density at radius 3 is 2.81 bits per heavy atom. The van der Waals surface area contributed by atoms with Crippen molar-refractivity contribution >= 4 is 17.4 Å². The quantitative estimate of drug-likeness (QED) is 0.778. The summed E-state index contributed by atoms with van der Waals surface area (Å²) in [4.78, 5) is 4.33. The molecule has 1 heterocycles. The standard InChI is InChI=1S/C12H19ClN2O/c1-4-16-12-7-5-6-11(15-12)14-10(3)8-9(2)13/h5-7,9-10H,4,8H2,1-3H3,(H,14,15). The molecule has 1 rings (SSSR count). The predicted molar refractivity (Wildman–Crippen MR) is 68.4 cm³/mol. The summed E-state index contributed by atoms with van der Waals surface area (Å²) >= 11 is 5.93. The first kappa shape index (κ1) is 13.1. The van der Waals surface area contributed by atoms with Gasteiger partial charge in [0.25, 0.3) is 0 Å². The van der Waals surface area contributed by atoms with E-state index in [1.165, 1.54) is 0 Å². The topological polar surface area (TPSA) is 34.1 Å². The average molecular weight is 243 g/mol. The van der Waals surface area contributed by atoms with Crippen LogP contribution in [0, 0.1) is 0 Å². The average Bonchev–Trinajstić information content (AvgIpc) is 2.17. The third-order valence-corrected chi connectivity index (χ3v) is 2.27. The van der Waals surface area contributed by atoms with E-state index in [0.29, 0.717) is 18.5 Å². The van der Waals surface area contributed by atoms with Gasteiger partial charge in [-0.2, -0.15) is 4.98 Å². The van der Waals surface area contributed by atoms with Gasteiger partial charge in [-0.15, -0.1) is 11.6 Å². The molecule has 1 N–H and O–H groups in total. The van der Waals surface area contributed by atoms with Gasteiger partial charge < -0.3 is 10.1 Å². The smallest absolute Gasteiger partial charge is 0.215 e. The Morgan fingerprint density at radius 1 is 1.44 bits per heavy atom. The second-order valence-corrected chi connectivity index (χ2v) is 4.60. The highest BCUT2D eigenvalue weighted by molar-refractivity contribution is 6.20. The van der Waals surface area contributed by atoms with Crippen molar-refractivity contribution in [2.45, 2.75) is 38.6 Å². The molecule has 0 bridgehead atoms. The van der Waals surface area contributed by atoms with Gasteiger partial charge in [0, 0.05) is 17.5 Å². The number of nitrogens with one attached hydrogen (secondary N) is 1. The molecule has 0 saturated heterocycles. The maximum absolute atomic E-state index is 5.93. The lowest BCUT2D eigenvalue weighted by Crippen LogP contribution is -2.19. The second kappa shape index (κ2) is 6.59. The first-order chi connectivity index (χ1) is 7.61. The van der Waals surface area contributed by atoms with E-state index in [2.05, 4.69) is 17.2 Å². The highest BCUT2D eigenvalue weighted by Crippen LogP contribution is 2.14. The number of pyridine rings is 1. The van der Waals surface area contributed by atoms with E-state index < -0.39 is 0 Å². The Balaban J connectivity index is 2.55. The van der Waals surface area contributed by atoms with Crippen LogP contribution >= 0.6 is 11.6 Å². The Labute approximate surface area is 102 Å². The van der Waals surface area contributed by atoms with Crippen LogP contribution < -0.4 is 10.1 Å². The van der Waals surface area contributed by atoms with E-state index >= 15 is 0 Å². The minimum absolute atomic E-state index is 0.164. The summed E-state index contributed by atoms with van der Waals surface area (Å²) in [5.74, 6) is 1.48. The summed E-state index contributed by atoms with van der Waals surface area (Å²) in [6.45, 7) is 6.65. The minimum atomic E-state index is 0.164. The monoisotopic (exact) mass is 242 g/mol. The molecule has 0 fully saturated rings. The van der Waals surface area contributed by atoms with Crippen molar-refractivity contribution in [1.29, 1.82) is 0 Å². The molecular formula is C12H19ClN2O. The zero-order valence-electron chi connectivity index (χ0n) is 10.0. The van der Waals surface area contributed by atoms with E-state index in [4.69, 9.17) is 16.3 Å². The van der Waals surface area contributed by atoms with Crippen LogP contribution in [-0.2, 0) is 0 Å². The van der Waals surface area contributed by atoms with Crippen molar-refractivity contribution in [2.75, 3.05) is 11.9 Å². The first-order valence-electron chi connectivity index (χ1n) is 5.62. The number of nitrogens with zero attached hydrogens (tertiary/aromatic N) is 1. The van der Waals surface area contributed by atoms with E-state index in [-0.39, 0.29) is 5.38 Å². The molecule has 0 saturated carbocycles. The Kier molecular flexibility index (Phi) is 5.39. The molecule has 2 atom stereocenters. The number of alkyl halides is 1. The van der Waals surface area contributed by atoms with Crippen molar-refractivity contribution in [1.82, 2.24) is 4.98 Å². The van der Waals surface area contributed by atoms with Crippen LogP contribution in [0.25, 0.3) is 0 Å². The molecule has 0 radical (unpaired) electrons. The largest absolute Gasteiger partial charge is 0.478 e. The maximum Gasteiger partial charge on any atom is 0.215 e. The first-order valence-corrected chi connectivity index (χ1v) is 6.06. The summed E-state index contributed by atoms with van der Waals surface area (Å²) in [6.07, 6.45) is 0.905. The predicted octanol–water partition coefficient (Wildman–Crippen LogP) is 3.30. The fourth-order valence-electron chi connectivity index (χ4n) is 1.52. The van der Waals surface area contributed by atoms with Gasteiger partial charge in [-0.1, -0.05) is 6.07 Å². The molecule has 4 heteroatoms. The molecule has 2 unspecified atom stereocenters. The summed E-state index contributed by atoms with van der Waals surface area (Å²) in [5, 5.41) is 3.46. The van der Waals surface area contributed by atoms with Gasteiger partial charge in [-0.05, 0) is 33.3 Å². The van der Waals surface area contributed by atoms with Crippen LogP contribution in [0.1, 0.15) is 27.2 Å². The maximum atomic E-state index is 5.93. The normalized spacial score (nSPS) is 14.2. The molecule has 90 valence electrons. The van der Waals surface area contributed by atoms with Crippen molar-refractivity contribution in [3.63, 3.8) is 0 Å². The van der Waals surface area contributed by atoms with Crippen molar-refractivity contribution in [3.05, 3.63) is 18.2 Å². The van der Waals surface area contributed by atoms with Gasteiger partial charge >= 0.3 is 0 Å². The number of rotatable bonds is 6. The summed E-state index contributed by atoms with van der Waals surface area (Å²) in [5.41, 5.74) is 0. The molecule has 0 aliphatic rings. The molecule has 1 aromatic heterocycles. The SMILES string of the molecule is CCOc1cccc(NC(C)CC(C)Cl)n1. The summed E-state index contributed by atoms with van der Waals surface area (Å²) in [6, 6.07) is 6.01. The zero-order chi connectivity index (χ0) is 12.0. The molecule has 0 aliphatic heterocycles. The molecule has 0 aliphatic carbocycles. The number of ether oxygens (including phenoxy) is 1. The van der Waals surface area contributed by atoms with Crippen LogP contribution in [0.5, 0.6) is 5.88 Å². The molecular weight excluding hydrogens is 224 g/mol. The fourth-order valence-corrected chi connectivity index (χ4v) is 1.79. The van der Waals surface area contributed by atoms with Crippen molar-refractivity contribution < 1.29 is 4.74 Å². The lowest BCUT2D eigenvalue weighted by atomic mass is 10.2. The molecule has 0 amide bonds. The van der Waals surface area contributed by atoms with Gasteiger partial charge in [-0.25, -0.2) is 0 Å². The number of aromatic nitrogens is 1. The second-order valence-electron chi connectivity index (χ2n) is 3.86. The van der Waals surface area contributed by atoms with Crippen LogP contribution in [-0.4, -0.2) is 23.0 Å². The van der Waals surface area contributed by atoms with Gasteiger partial charge in [0.2, 0.25) is 5.88 Å². The van der Waals surface area contributed by atoms with Gasteiger partial charge in [0.1, 0.15) is 5.82 Å². The van der Waals surface area contributed by atoms with Crippen molar-refractivity contribution in [2.24, 2.45) is 0 Å². The van der Waals surface area contributed by atoms with Gasteiger partial charge in [0.05, 0.1) is 6.61 Å². The Hall–Kier alpha value is -0.960. The number of hydrogen-bond donors (Lipinski definition) is 1. The fraction of sp³-hybridized carbons (Fsp3) is 0.583. The van der Waals surface area contributed by atoms with Crippen LogP contribution in [0.4, 0.5) is 5.82 Å². The zero-order valence-corrected chi connectivity index (χ0v) is 10.8. The van der Waals surface area contributed by atoms with Crippen molar-refractivity contribution in [3.8, 4) is 5.88 Å². The van der Waals surface area contributed by atoms with E-state index in [1.807, 2.05) is 32.0 Å². The van der Waals surface area contributed by atoms with Gasteiger partial charge in [0.15, 0.2) is 0 Å². The highest BCUT2D eigenvalue weighted by Gasteiger charge is 2.07. The third-order valence-electron chi connectivity index (χ3n) is 2.09. The molecule has 0 aromatic carbocycles. The number of hydrogen-bond acceptors (Lipinski definition) is 3. The Morgan fingerprint density at radius 2 is 2.19 bits per heavy atom. The minimum Gasteiger partial charge on any atom is -0.478 e. The van der Waals surface area contributed by atoms with E-state index in [1.54, 1.807) is 0 Å². The molecule has 3 nitrogen and oxygen atoms in total. The Bertz CT molecular complexity index is 318. The molecule has 16 heavy (non-hydrogen) atoms.